The summed E-state index contributed by atoms with van der Waals surface area (Å²) in [7, 11) is 0. The maximum Gasteiger partial charge on any atom is 0.334 e. The lowest BCUT2D eigenvalue weighted by molar-refractivity contribution is -0.146. The molecule has 0 aliphatic heterocycles. The van der Waals surface area contributed by atoms with Gasteiger partial charge in [0.25, 0.3) is 0 Å². The zero-order chi connectivity index (χ0) is 14.5. The van der Waals surface area contributed by atoms with E-state index in [0.717, 1.165) is 10.8 Å². The second-order valence-corrected chi connectivity index (χ2v) is 4.09. The number of aliphatic hydroxyl groups excluding tert-OH is 1. The van der Waals surface area contributed by atoms with Crippen LogP contribution in [0.4, 0.5) is 10.5 Å². The topological polar surface area (TPSA) is 112 Å². The average Bonchev–Trinajstić information content (AvgIpc) is 2.45. The molecule has 0 saturated heterocycles. The van der Waals surface area contributed by atoms with Crippen LogP contribution in [0.1, 0.15) is 0 Å². The second kappa shape index (κ2) is 5.98. The number of carboxylic acid groups (broad SMARTS) is 1. The molecule has 1 atom stereocenters. The highest BCUT2D eigenvalue weighted by Gasteiger charge is 2.14. The highest BCUT2D eigenvalue weighted by molar-refractivity contribution is 6.01. The van der Waals surface area contributed by atoms with E-state index in [4.69, 9.17) is 10.2 Å². The molecule has 2 aromatic rings. The van der Waals surface area contributed by atoms with Crippen LogP contribution in [0.15, 0.2) is 36.7 Å². The molecule has 7 nitrogen and oxygen atoms in total. The third-order valence-electron chi connectivity index (χ3n) is 2.67. The molecule has 1 aromatic heterocycles. The van der Waals surface area contributed by atoms with Crippen LogP contribution < -0.4 is 10.6 Å². The van der Waals surface area contributed by atoms with Crippen molar-refractivity contribution in [2.24, 2.45) is 0 Å². The number of nitrogens with one attached hydrogen (secondary N) is 2. The number of rotatable bonds is 4. The maximum absolute atomic E-state index is 11.6. The molecule has 0 spiro atoms. The van der Waals surface area contributed by atoms with Gasteiger partial charge < -0.3 is 20.8 Å². The number of hydrogen-bond acceptors (Lipinski definition) is 4. The first-order valence-electron chi connectivity index (χ1n) is 5.86. The first kappa shape index (κ1) is 13.8. The molecular formula is C13H13N3O4. The van der Waals surface area contributed by atoms with Crippen LogP contribution in [0.3, 0.4) is 0 Å². The molecule has 0 saturated carbocycles. The second-order valence-electron chi connectivity index (χ2n) is 4.09. The lowest BCUT2D eigenvalue weighted by Crippen LogP contribution is -2.38. The van der Waals surface area contributed by atoms with Crippen LogP contribution >= 0.6 is 0 Å². The highest BCUT2D eigenvalue weighted by atomic mass is 16.4. The van der Waals surface area contributed by atoms with E-state index >= 15 is 0 Å². The van der Waals surface area contributed by atoms with E-state index in [2.05, 4.69) is 15.6 Å². The van der Waals surface area contributed by atoms with Crippen molar-refractivity contribution in [3.8, 4) is 0 Å². The summed E-state index contributed by atoms with van der Waals surface area (Å²) in [5.41, 5.74) is 0.576. The molecule has 0 aliphatic carbocycles. The van der Waals surface area contributed by atoms with E-state index in [1.165, 1.54) is 0 Å². The molecule has 0 fully saturated rings. The van der Waals surface area contributed by atoms with Crippen molar-refractivity contribution in [1.29, 1.82) is 0 Å². The van der Waals surface area contributed by atoms with Crippen molar-refractivity contribution in [3.05, 3.63) is 36.7 Å². The number of benzene rings is 1. The Morgan fingerprint density at radius 2 is 2.10 bits per heavy atom. The summed E-state index contributed by atoms with van der Waals surface area (Å²) < 4.78 is 0. The number of carboxylic acids is 1. The highest BCUT2D eigenvalue weighted by Crippen LogP contribution is 2.21. The van der Waals surface area contributed by atoms with Crippen molar-refractivity contribution in [2.45, 2.75) is 6.10 Å². The van der Waals surface area contributed by atoms with Gasteiger partial charge in [-0.3, -0.25) is 4.98 Å². The first-order chi connectivity index (χ1) is 9.58. The number of carbonyl (C=O) groups is 2. The van der Waals surface area contributed by atoms with Gasteiger partial charge in [-0.1, -0.05) is 12.1 Å². The summed E-state index contributed by atoms with van der Waals surface area (Å²) >= 11 is 0. The lowest BCUT2D eigenvalue weighted by Gasteiger charge is -2.11. The summed E-state index contributed by atoms with van der Waals surface area (Å²) in [5, 5.41) is 24.1. The van der Waals surface area contributed by atoms with E-state index < -0.39 is 18.1 Å². The van der Waals surface area contributed by atoms with E-state index in [-0.39, 0.29) is 6.54 Å². The standard InChI is InChI=1S/C13H13N3O4/c17-11(12(18)19)7-15-13(20)16-10-3-1-2-8-6-14-5-4-9(8)10/h1-6,11,17H,7H2,(H,18,19)(H2,15,16,20). The Hall–Kier alpha value is -2.67. The van der Waals surface area contributed by atoms with Crippen molar-refractivity contribution in [3.63, 3.8) is 0 Å². The van der Waals surface area contributed by atoms with Gasteiger partial charge in [-0.2, -0.15) is 0 Å². The predicted octanol–water partition coefficient (Wildman–Crippen LogP) is 0.802. The third kappa shape index (κ3) is 3.21. The molecule has 4 N–H and O–H groups in total. The van der Waals surface area contributed by atoms with Gasteiger partial charge in [0.2, 0.25) is 0 Å². The Labute approximate surface area is 114 Å². The van der Waals surface area contributed by atoms with Gasteiger partial charge in [0.15, 0.2) is 6.10 Å². The Bertz CT molecular complexity index is 639. The predicted molar refractivity (Wildman–Crippen MR) is 72.4 cm³/mol. The van der Waals surface area contributed by atoms with Crippen molar-refractivity contribution in [2.75, 3.05) is 11.9 Å². The van der Waals surface area contributed by atoms with E-state index in [9.17, 15) is 9.59 Å². The smallest absolute Gasteiger partial charge is 0.334 e. The van der Waals surface area contributed by atoms with Crippen LogP contribution in [0.25, 0.3) is 10.8 Å². The van der Waals surface area contributed by atoms with Crippen molar-refractivity contribution in [1.82, 2.24) is 10.3 Å². The normalized spacial score (nSPS) is 11.8. The molecule has 20 heavy (non-hydrogen) atoms. The SMILES string of the molecule is O=C(NCC(O)C(=O)O)Nc1cccc2cnccc12. The summed E-state index contributed by atoms with van der Waals surface area (Å²) in [4.78, 5) is 26.0. The van der Waals surface area contributed by atoms with E-state index in [0.29, 0.717) is 5.69 Å². The fraction of sp³-hybridized carbons (Fsp3) is 0.154. The number of fused-ring (bicyclic) bond motifs is 1. The largest absolute Gasteiger partial charge is 0.479 e. The molecule has 0 bridgehead atoms. The van der Waals surface area contributed by atoms with Crippen LogP contribution in [-0.2, 0) is 4.79 Å². The summed E-state index contributed by atoms with van der Waals surface area (Å²) in [6.45, 7) is -0.368. The first-order valence-corrected chi connectivity index (χ1v) is 5.86. The Balaban J connectivity index is 2.05. The van der Waals surface area contributed by atoms with Gasteiger partial charge >= 0.3 is 12.0 Å². The number of amides is 2. The van der Waals surface area contributed by atoms with Crippen LogP contribution in [0.5, 0.6) is 0 Å². The van der Waals surface area contributed by atoms with Gasteiger partial charge in [0.1, 0.15) is 0 Å². The Morgan fingerprint density at radius 1 is 1.30 bits per heavy atom. The van der Waals surface area contributed by atoms with Gasteiger partial charge in [0, 0.05) is 23.2 Å². The van der Waals surface area contributed by atoms with Gasteiger partial charge in [0.05, 0.1) is 12.2 Å². The van der Waals surface area contributed by atoms with Gasteiger partial charge in [-0.05, 0) is 12.1 Å². The third-order valence-corrected chi connectivity index (χ3v) is 2.67. The fourth-order valence-corrected chi connectivity index (χ4v) is 1.67. The number of carbonyl (C=O) groups excluding carboxylic acids is 1. The van der Waals surface area contributed by atoms with E-state index in [1.807, 2.05) is 6.07 Å². The fourth-order valence-electron chi connectivity index (χ4n) is 1.67. The maximum atomic E-state index is 11.6. The Morgan fingerprint density at radius 3 is 2.85 bits per heavy atom. The molecule has 0 aliphatic rings. The summed E-state index contributed by atoms with van der Waals surface area (Å²) in [6, 6.07) is 6.52. The molecular weight excluding hydrogens is 262 g/mol. The molecule has 1 heterocycles. The number of hydrogen-bond donors (Lipinski definition) is 4. The molecule has 2 amide bonds. The molecule has 104 valence electrons. The van der Waals surface area contributed by atoms with Crippen LogP contribution in [0, 0.1) is 0 Å². The van der Waals surface area contributed by atoms with Crippen molar-refractivity contribution < 1.29 is 19.8 Å². The molecule has 7 heteroatoms. The molecule has 1 unspecified atom stereocenters. The summed E-state index contributed by atoms with van der Waals surface area (Å²) in [6.07, 6.45) is 1.66. The molecule has 2 rings (SSSR count). The molecule has 1 aromatic carbocycles. The zero-order valence-electron chi connectivity index (χ0n) is 10.4. The number of pyridine rings is 1. The van der Waals surface area contributed by atoms with Gasteiger partial charge in [-0.15, -0.1) is 0 Å². The van der Waals surface area contributed by atoms with E-state index in [1.54, 1.807) is 30.6 Å². The minimum absolute atomic E-state index is 0.368. The van der Waals surface area contributed by atoms with Crippen molar-refractivity contribution >= 4 is 28.5 Å². The summed E-state index contributed by atoms with van der Waals surface area (Å²) in [5.74, 6) is -1.39. The number of anilines is 1. The zero-order valence-corrected chi connectivity index (χ0v) is 10.4. The van der Waals surface area contributed by atoms with Crippen LogP contribution in [-0.4, -0.2) is 39.8 Å². The number of aliphatic carboxylic acids is 1. The number of aromatic nitrogens is 1. The lowest BCUT2D eigenvalue weighted by atomic mass is 10.1. The minimum atomic E-state index is -1.63. The average molecular weight is 275 g/mol. The number of urea groups is 1. The minimum Gasteiger partial charge on any atom is -0.479 e. The number of aliphatic hydroxyl groups is 1. The van der Waals surface area contributed by atoms with Crippen LogP contribution in [0.2, 0.25) is 0 Å². The Kier molecular flexibility index (Phi) is 4.11. The molecule has 0 radical (unpaired) electrons. The monoisotopic (exact) mass is 275 g/mol. The number of nitrogens with zero attached hydrogens (tertiary/aromatic N) is 1. The quantitative estimate of drug-likeness (QED) is 0.659. The van der Waals surface area contributed by atoms with Gasteiger partial charge in [-0.25, -0.2) is 9.59 Å².